The predicted molar refractivity (Wildman–Crippen MR) is 78.2 cm³/mol. The third-order valence-corrected chi connectivity index (χ3v) is 3.63. The largest absolute Gasteiger partial charge is 0.387 e. The number of thioether (sulfide) groups is 1. The van der Waals surface area contributed by atoms with Crippen LogP contribution in [0.25, 0.3) is 0 Å². The summed E-state index contributed by atoms with van der Waals surface area (Å²) in [4.78, 5) is 0.416. The lowest BCUT2D eigenvalue weighted by Gasteiger charge is -2.15. The number of anilines is 1. The first-order valence-electron chi connectivity index (χ1n) is 6.27. The highest BCUT2D eigenvalue weighted by atomic mass is 32.2. The monoisotopic (exact) mass is 313 g/mol. The van der Waals surface area contributed by atoms with Gasteiger partial charge in [-0.25, -0.2) is 4.39 Å². The van der Waals surface area contributed by atoms with Crippen LogP contribution in [0.1, 0.15) is 11.7 Å². The van der Waals surface area contributed by atoms with Crippen LogP contribution in [0, 0.1) is 5.82 Å². The highest BCUT2D eigenvalue weighted by molar-refractivity contribution is 7.99. The van der Waals surface area contributed by atoms with Crippen LogP contribution in [-0.2, 0) is 0 Å². The summed E-state index contributed by atoms with van der Waals surface area (Å²) in [6, 6.07) is 12.2. The number of aliphatic hydroxyl groups excluding tert-OH is 1. The maximum atomic E-state index is 12.8. The van der Waals surface area contributed by atoms with E-state index in [9.17, 15) is 18.3 Å². The number of hydrogen-bond acceptors (Lipinski definition) is 3. The molecular formula is C15H14F3NOS. The molecule has 0 aliphatic carbocycles. The molecule has 6 heteroatoms. The van der Waals surface area contributed by atoms with E-state index in [2.05, 4.69) is 5.32 Å². The zero-order valence-electron chi connectivity index (χ0n) is 11.0. The van der Waals surface area contributed by atoms with Gasteiger partial charge in [0.1, 0.15) is 5.82 Å². The molecule has 2 aromatic carbocycles. The van der Waals surface area contributed by atoms with E-state index in [1.54, 1.807) is 24.3 Å². The number of rotatable bonds is 6. The second-order valence-corrected chi connectivity index (χ2v) is 5.35. The van der Waals surface area contributed by atoms with Crippen molar-refractivity contribution in [3.63, 3.8) is 0 Å². The summed E-state index contributed by atoms with van der Waals surface area (Å²) in [5, 5.41) is 12.9. The molecular weight excluding hydrogens is 299 g/mol. The van der Waals surface area contributed by atoms with Crippen molar-refractivity contribution in [3.8, 4) is 0 Å². The van der Waals surface area contributed by atoms with Crippen LogP contribution < -0.4 is 5.32 Å². The van der Waals surface area contributed by atoms with Crippen LogP contribution in [0.4, 0.5) is 18.9 Å². The number of hydrogen-bond donors (Lipinski definition) is 2. The summed E-state index contributed by atoms with van der Waals surface area (Å²) in [5.41, 5.74) is 1.09. The van der Waals surface area contributed by atoms with Crippen molar-refractivity contribution in [2.45, 2.75) is 16.8 Å². The van der Waals surface area contributed by atoms with Gasteiger partial charge in [-0.15, -0.1) is 0 Å². The minimum atomic E-state index is -2.50. The molecule has 0 fully saturated rings. The smallest absolute Gasteiger partial charge is 0.288 e. The van der Waals surface area contributed by atoms with Crippen LogP contribution in [0.15, 0.2) is 53.4 Å². The Balaban J connectivity index is 2.01. The van der Waals surface area contributed by atoms with Crippen LogP contribution in [-0.4, -0.2) is 17.4 Å². The van der Waals surface area contributed by atoms with Crippen LogP contribution in [0.2, 0.25) is 0 Å². The van der Waals surface area contributed by atoms with Gasteiger partial charge in [-0.2, -0.15) is 8.78 Å². The van der Waals surface area contributed by atoms with Crippen molar-refractivity contribution in [1.82, 2.24) is 0 Å². The highest BCUT2D eigenvalue weighted by Crippen LogP contribution is 2.31. The number of benzene rings is 2. The molecule has 1 unspecified atom stereocenters. The Morgan fingerprint density at radius 2 is 1.71 bits per heavy atom. The van der Waals surface area contributed by atoms with Gasteiger partial charge in [0, 0.05) is 17.1 Å². The lowest BCUT2D eigenvalue weighted by Crippen LogP contribution is -2.12. The van der Waals surface area contributed by atoms with Crippen molar-refractivity contribution >= 4 is 17.4 Å². The van der Waals surface area contributed by atoms with Crippen LogP contribution in [0.3, 0.4) is 0 Å². The van der Waals surface area contributed by atoms with Gasteiger partial charge in [-0.05, 0) is 29.8 Å². The van der Waals surface area contributed by atoms with E-state index in [0.717, 1.165) is 0 Å². The van der Waals surface area contributed by atoms with Gasteiger partial charge in [0.05, 0.1) is 6.10 Å². The maximum Gasteiger partial charge on any atom is 0.288 e. The normalized spacial score (nSPS) is 12.4. The van der Waals surface area contributed by atoms with Crippen LogP contribution in [0.5, 0.6) is 0 Å². The molecule has 2 rings (SSSR count). The molecule has 1 atom stereocenters. The molecule has 112 valence electrons. The molecule has 21 heavy (non-hydrogen) atoms. The molecule has 0 aliphatic rings. The molecule has 0 heterocycles. The topological polar surface area (TPSA) is 32.3 Å². The third kappa shape index (κ3) is 4.68. The Morgan fingerprint density at radius 3 is 2.38 bits per heavy atom. The molecule has 0 bridgehead atoms. The lowest BCUT2D eigenvalue weighted by atomic mass is 10.1. The standard InChI is InChI=1S/C15H14F3NOS/c16-11-7-5-10(6-8-11)13(20)9-19-12-3-1-2-4-14(12)21-15(17)18/h1-8,13,15,19-20H,9H2. The zero-order valence-corrected chi connectivity index (χ0v) is 11.8. The number of aliphatic hydroxyl groups is 1. The van der Waals surface area contributed by atoms with Crippen molar-refractivity contribution in [3.05, 3.63) is 59.9 Å². The number of para-hydroxylation sites is 1. The minimum absolute atomic E-state index is 0.145. The Bertz CT molecular complexity index is 577. The molecule has 0 saturated heterocycles. The van der Waals surface area contributed by atoms with Crippen molar-refractivity contribution < 1.29 is 18.3 Å². The molecule has 2 N–H and O–H groups in total. The molecule has 0 saturated carbocycles. The molecule has 0 spiro atoms. The van der Waals surface area contributed by atoms with Gasteiger partial charge in [-0.1, -0.05) is 36.0 Å². The Labute approximate surface area is 125 Å². The first kappa shape index (κ1) is 15.7. The fraction of sp³-hybridized carbons (Fsp3) is 0.200. The summed E-state index contributed by atoms with van der Waals surface area (Å²) in [7, 11) is 0. The summed E-state index contributed by atoms with van der Waals surface area (Å²) < 4.78 is 37.7. The third-order valence-electron chi connectivity index (χ3n) is 2.84. The van der Waals surface area contributed by atoms with E-state index in [1.165, 1.54) is 24.3 Å². The molecule has 2 aromatic rings. The van der Waals surface area contributed by atoms with Gasteiger partial charge in [0.2, 0.25) is 0 Å². The van der Waals surface area contributed by atoms with E-state index < -0.39 is 11.9 Å². The quantitative estimate of drug-likeness (QED) is 0.781. The number of nitrogens with one attached hydrogen (secondary N) is 1. The van der Waals surface area contributed by atoms with E-state index in [4.69, 9.17) is 0 Å². The number of alkyl halides is 2. The first-order chi connectivity index (χ1) is 10.1. The molecule has 2 nitrogen and oxygen atoms in total. The second-order valence-electron chi connectivity index (χ2n) is 4.32. The van der Waals surface area contributed by atoms with Crippen molar-refractivity contribution in [2.75, 3.05) is 11.9 Å². The molecule has 0 radical (unpaired) electrons. The summed E-state index contributed by atoms with van der Waals surface area (Å²) >= 11 is 0.447. The average Bonchev–Trinajstić information content (AvgIpc) is 2.46. The summed E-state index contributed by atoms with van der Waals surface area (Å²) in [6.45, 7) is 0.145. The van der Waals surface area contributed by atoms with Gasteiger partial charge in [-0.3, -0.25) is 0 Å². The molecule has 0 aliphatic heterocycles. The Kier molecular flexibility index (Phi) is 5.52. The Hall–Kier alpha value is -1.66. The fourth-order valence-electron chi connectivity index (χ4n) is 1.82. The minimum Gasteiger partial charge on any atom is -0.387 e. The van der Waals surface area contributed by atoms with E-state index in [0.29, 0.717) is 27.9 Å². The predicted octanol–water partition coefficient (Wildman–Crippen LogP) is 4.29. The van der Waals surface area contributed by atoms with E-state index in [-0.39, 0.29) is 12.4 Å². The number of halogens is 3. The first-order valence-corrected chi connectivity index (χ1v) is 7.15. The SMILES string of the molecule is OC(CNc1ccccc1SC(F)F)c1ccc(F)cc1. The summed E-state index contributed by atoms with van der Waals surface area (Å²) in [6.07, 6.45) is -0.852. The average molecular weight is 313 g/mol. The zero-order chi connectivity index (χ0) is 15.2. The Morgan fingerprint density at radius 1 is 1.05 bits per heavy atom. The van der Waals surface area contributed by atoms with Gasteiger partial charge >= 0.3 is 0 Å². The summed E-state index contributed by atoms with van der Waals surface area (Å²) in [5.74, 6) is -2.88. The van der Waals surface area contributed by atoms with Crippen molar-refractivity contribution in [2.24, 2.45) is 0 Å². The van der Waals surface area contributed by atoms with E-state index in [1.807, 2.05) is 0 Å². The van der Waals surface area contributed by atoms with Gasteiger partial charge < -0.3 is 10.4 Å². The second kappa shape index (κ2) is 7.38. The lowest BCUT2D eigenvalue weighted by molar-refractivity contribution is 0.191. The maximum absolute atomic E-state index is 12.8. The van der Waals surface area contributed by atoms with Crippen molar-refractivity contribution in [1.29, 1.82) is 0 Å². The van der Waals surface area contributed by atoms with Gasteiger partial charge in [0.25, 0.3) is 5.76 Å². The molecule has 0 aromatic heterocycles. The van der Waals surface area contributed by atoms with Gasteiger partial charge in [0.15, 0.2) is 0 Å². The van der Waals surface area contributed by atoms with E-state index >= 15 is 0 Å². The molecule has 0 amide bonds. The van der Waals surface area contributed by atoms with Crippen LogP contribution >= 0.6 is 11.8 Å². The fourth-order valence-corrected chi connectivity index (χ4v) is 2.44. The highest BCUT2D eigenvalue weighted by Gasteiger charge is 2.12.